The molecule has 0 saturated carbocycles. The number of hydrogen-bond acceptors (Lipinski definition) is 7. The number of ether oxygens (including phenoxy) is 5. The van der Waals surface area contributed by atoms with Crippen LogP contribution in [-0.2, 0) is 14.2 Å². The second-order valence-electron chi connectivity index (χ2n) is 5.19. The smallest absolute Gasteiger partial charge is 0.360 e. The number of carbonyl (C=O) groups is 1. The minimum atomic E-state index is -0.572. The van der Waals surface area contributed by atoms with Gasteiger partial charge in [-0.05, 0) is 24.3 Å². The summed E-state index contributed by atoms with van der Waals surface area (Å²) in [6, 6.07) is 10.9. The van der Waals surface area contributed by atoms with Gasteiger partial charge in [0, 0.05) is 12.7 Å². The van der Waals surface area contributed by atoms with E-state index in [0.717, 1.165) is 5.56 Å². The van der Waals surface area contributed by atoms with E-state index in [1.54, 1.807) is 26.4 Å². The number of aromatic nitrogens is 1. The molecule has 0 aliphatic heterocycles. The Hall–Kier alpha value is -2.64. The highest BCUT2D eigenvalue weighted by atomic mass is 16.5. The number of esters is 1. The molecule has 1 heterocycles. The van der Waals surface area contributed by atoms with Crippen LogP contribution in [0.15, 0.2) is 36.4 Å². The van der Waals surface area contributed by atoms with E-state index < -0.39 is 5.97 Å². The first-order chi connectivity index (χ1) is 12.7. The number of para-hydroxylation sites is 1. The molecule has 0 fully saturated rings. The molecule has 0 unspecified atom stereocenters. The summed E-state index contributed by atoms with van der Waals surface area (Å²) < 4.78 is 26.0. The molecule has 0 atom stereocenters. The molecule has 1 aromatic heterocycles. The Labute approximate surface area is 152 Å². The van der Waals surface area contributed by atoms with Crippen LogP contribution in [-0.4, -0.2) is 58.7 Å². The summed E-state index contributed by atoms with van der Waals surface area (Å²) in [5.41, 5.74) is 1.47. The van der Waals surface area contributed by atoms with Gasteiger partial charge >= 0.3 is 5.97 Å². The van der Waals surface area contributed by atoms with E-state index >= 15 is 0 Å². The van der Waals surface area contributed by atoms with Crippen LogP contribution < -0.4 is 9.47 Å². The highest BCUT2D eigenvalue weighted by Crippen LogP contribution is 2.30. The first-order valence-electron chi connectivity index (χ1n) is 8.13. The number of methoxy groups -OCH3 is 3. The van der Waals surface area contributed by atoms with Crippen molar-refractivity contribution in [1.82, 2.24) is 4.98 Å². The van der Waals surface area contributed by atoms with Crippen molar-refractivity contribution in [2.45, 2.75) is 0 Å². The zero-order valence-electron chi connectivity index (χ0n) is 15.2. The normalized spacial score (nSPS) is 10.4. The van der Waals surface area contributed by atoms with Gasteiger partial charge in [-0.15, -0.1) is 0 Å². The molecule has 7 nitrogen and oxygen atoms in total. The number of pyridine rings is 1. The summed E-state index contributed by atoms with van der Waals surface area (Å²) in [5, 5.41) is 0. The second kappa shape index (κ2) is 10.4. The maximum atomic E-state index is 12.1. The predicted molar refractivity (Wildman–Crippen MR) is 95.8 cm³/mol. The van der Waals surface area contributed by atoms with Crippen molar-refractivity contribution in [1.29, 1.82) is 0 Å². The molecule has 0 radical (unpaired) electrons. The Morgan fingerprint density at radius 1 is 0.923 bits per heavy atom. The zero-order valence-corrected chi connectivity index (χ0v) is 15.2. The zero-order chi connectivity index (χ0) is 18.8. The van der Waals surface area contributed by atoms with E-state index in [9.17, 15) is 4.79 Å². The molecule has 0 aliphatic rings. The van der Waals surface area contributed by atoms with Gasteiger partial charge < -0.3 is 23.7 Å². The molecule has 0 aliphatic carbocycles. The molecular formula is C19H23NO6. The fourth-order valence-corrected chi connectivity index (χ4v) is 2.27. The van der Waals surface area contributed by atoms with Crippen molar-refractivity contribution >= 4 is 5.97 Å². The third-order valence-electron chi connectivity index (χ3n) is 3.54. The van der Waals surface area contributed by atoms with E-state index in [0.29, 0.717) is 37.0 Å². The molecule has 2 aromatic rings. The molecule has 0 saturated heterocycles. The Balaban J connectivity index is 2.18. The fourth-order valence-electron chi connectivity index (χ4n) is 2.27. The van der Waals surface area contributed by atoms with Gasteiger partial charge in [-0.25, -0.2) is 9.78 Å². The minimum Gasteiger partial charge on any atom is -0.496 e. The lowest BCUT2D eigenvalue weighted by Crippen LogP contribution is -2.13. The summed E-state index contributed by atoms with van der Waals surface area (Å²) in [6.07, 6.45) is 0. The topological polar surface area (TPSA) is 76.1 Å². The highest BCUT2D eigenvalue weighted by molar-refractivity contribution is 5.91. The average Bonchev–Trinajstić information content (AvgIpc) is 2.70. The molecule has 140 valence electrons. The largest absolute Gasteiger partial charge is 0.496 e. The molecule has 7 heteroatoms. The number of nitrogens with zero attached hydrogens (tertiary/aromatic N) is 1. The second-order valence-corrected chi connectivity index (χ2v) is 5.19. The van der Waals surface area contributed by atoms with E-state index in [-0.39, 0.29) is 12.3 Å². The quantitative estimate of drug-likeness (QED) is 0.475. The molecule has 0 amide bonds. The standard InChI is InChI=1S/C19H23NO6/c1-22-10-11-25-12-13-26-17-9-8-15(20-18(17)19(21)24-3)14-6-4-5-7-16(14)23-2/h4-9H,10-13H2,1-3H3. The van der Waals surface area contributed by atoms with Crippen LogP contribution in [0.3, 0.4) is 0 Å². The Morgan fingerprint density at radius 3 is 2.42 bits per heavy atom. The van der Waals surface area contributed by atoms with Gasteiger partial charge in [0.1, 0.15) is 12.4 Å². The number of hydrogen-bond donors (Lipinski definition) is 0. The number of benzene rings is 1. The van der Waals surface area contributed by atoms with Crippen molar-refractivity contribution < 1.29 is 28.5 Å². The maximum Gasteiger partial charge on any atom is 0.360 e. The van der Waals surface area contributed by atoms with Crippen LogP contribution in [0.1, 0.15) is 10.5 Å². The third-order valence-corrected chi connectivity index (χ3v) is 3.54. The maximum absolute atomic E-state index is 12.1. The van der Waals surface area contributed by atoms with Crippen LogP contribution in [0.4, 0.5) is 0 Å². The lowest BCUT2D eigenvalue weighted by atomic mass is 10.1. The minimum absolute atomic E-state index is 0.104. The van der Waals surface area contributed by atoms with E-state index in [2.05, 4.69) is 4.98 Å². The molecule has 0 bridgehead atoms. The van der Waals surface area contributed by atoms with Crippen molar-refractivity contribution in [2.24, 2.45) is 0 Å². The monoisotopic (exact) mass is 361 g/mol. The van der Waals surface area contributed by atoms with Crippen LogP contribution in [0, 0.1) is 0 Å². The summed E-state index contributed by atoms with van der Waals surface area (Å²) in [6.45, 7) is 1.65. The molecular weight excluding hydrogens is 338 g/mol. The first-order valence-corrected chi connectivity index (χ1v) is 8.13. The number of rotatable bonds is 10. The van der Waals surface area contributed by atoms with Crippen molar-refractivity contribution in [3.05, 3.63) is 42.1 Å². The SMILES string of the molecule is COCCOCCOc1ccc(-c2ccccc2OC)nc1C(=O)OC. The van der Waals surface area contributed by atoms with Gasteiger partial charge in [0.25, 0.3) is 0 Å². The van der Waals surface area contributed by atoms with Crippen LogP contribution >= 0.6 is 0 Å². The van der Waals surface area contributed by atoms with E-state index in [1.165, 1.54) is 7.11 Å². The van der Waals surface area contributed by atoms with Gasteiger partial charge in [-0.2, -0.15) is 0 Å². The summed E-state index contributed by atoms with van der Waals surface area (Å²) in [7, 11) is 4.50. The lowest BCUT2D eigenvalue weighted by Gasteiger charge is -2.13. The summed E-state index contributed by atoms with van der Waals surface area (Å²) in [5.74, 6) is 0.430. The van der Waals surface area contributed by atoms with Crippen molar-refractivity contribution in [3.63, 3.8) is 0 Å². The Morgan fingerprint density at radius 2 is 1.69 bits per heavy atom. The van der Waals surface area contributed by atoms with Crippen LogP contribution in [0.25, 0.3) is 11.3 Å². The summed E-state index contributed by atoms with van der Waals surface area (Å²) in [4.78, 5) is 16.5. The molecule has 0 spiro atoms. The highest BCUT2D eigenvalue weighted by Gasteiger charge is 2.18. The van der Waals surface area contributed by atoms with Gasteiger partial charge in [-0.3, -0.25) is 0 Å². The fraction of sp³-hybridized carbons (Fsp3) is 0.368. The third kappa shape index (κ3) is 5.18. The number of carbonyl (C=O) groups excluding carboxylic acids is 1. The molecule has 2 rings (SSSR count). The van der Waals surface area contributed by atoms with Gasteiger partial charge in [0.15, 0.2) is 11.4 Å². The van der Waals surface area contributed by atoms with E-state index in [1.807, 2.05) is 24.3 Å². The van der Waals surface area contributed by atoms with Gasteiger partial charge in [-0.1, -0.05) is 12.1 Å². The predicted octanol–water partition coefficient (Wildman–Crippen LogP) is 2.59. The van der Waals surface area contributed by atoms with Crippen molar-refractivity contribution in [3.8, 4) is 22.8 Å². The lowest BCUT2D eigenvalue weighted by molar-refractivity contribution is 0.0520. The average molecular weight is 361 g/mol. The Kier molecular flexibility index (Phi) is 7.85. The molecule has 0 N–H and O–H groups in total. The van der Waals surface area contributed by atoms with Gasteiger partial charge in [0.2, 0.25) is 0 Å². The van der Waals surface area contributed by atoms with Crippen LogP contribution in [0.5, 0.6) is 11.5 Å². The summed E-state index contributed by atoms with van der Waals surface area (Å²) >= 11 is 0. The molecule has 1 aromatic carbocycles. The van der Waals surface area contributed by atoms with Crippen LogP contribution in [0.2, 0.25) is 0 Å². The first kappa shape index (κ1) is 19.7. The Bertz CT molecular complexity index is 719. The van der Waals surface area contributed by atoms with Crippen molar-refractivity contribution in [2.75, 3.05) is 47.8 Å². The van der Waals surface area contributed by atoms with Gasteiger partial charge in [0.05, 0.1) is 39.7 Å². The molecule has 26 heavy (non-hydrogen) atoms. The van der Waals surface area contributed by atoms with E-state index in [4.69, 9.17) is 23.7 Å².